The predicted molar refractivity (Wildman–Crippen MR) is 603 cm³/mol. The largest absolute Gasteiger partial charge is 0.756 e. The zero-order valence-corrected chi connectivity index (χ0v) is 95.4. The number of aliphatic hydroxyl groups excluding tert-OH is 4. The predicted octanol–water partition coefficient (Wildman–Crippen LogP) is 39.3. The number of carbonyl (C=O) groups is 2. The highest BCUT2D eigenvalue weighted by Gasteiger charge is 2.47. The van der Waals surface area contributed by atoms with Crippen LogP contribution in [0.15, 0.2) is 81.5 Å². The van der Waals surface area contributed by atoms with Crippen molar-refractivity contribution >= 4 is 19.6 Å². The first-order valence-corrected chi connectivity index (χ1v) is 62.8. The molecule has 1 aliphatic carbocycles. The van der Waals surface area contributed by atoms with E-state index in [1.807, 2.05) is 6.92 Å². The van der Waals surface area contributed by atoms with Gasteiger partial charge in [-0.05, 0) is 176 Å². The maximum atomic E-state index is 14.0. The third kappa shape index (κ3) is 83.1. The number of hydrogen-bond acceptors (Lipinski definition) is 12. The quantitative estimate of drug-likeness (QED) is 0.0195. The molecule has 5 unspecified atom stereocenters. The second-order valence-corrected chi connectivity index (χ2v) is 46.9. The molecule has 1 heterocycles. The lowest BCUT2D eigenvalue weighted by molar-refractivity contribution is -0.305. The van der Waals surface area contributed by atoms with E-state index in [4.69, 9.17) is 18.5 Å². The van der Waals surface area contributed by atoms with Crippen molar-refractivity contribution in [3.63, 3.8) is 0 Å². The summed E-state index contributed by atoms with van der Waals surface area (Å²) in [5, 5.41) is 44.6. The summed E-state index contributed by atoms with van der Waals surface area (Å²) in [4.78, 5) is 40.0. The number of phosphoric acid groups is 1. The number of rotatable bonds is 105. The minimum absolute atomic E-state index is 0.267. The highest BCUT2D eigenvalue weighted by molar-refractivity contribution is 7.45. The zero-order chi connectivity index (χ0) is 102. The molecule has 140 heavy (non-hydrogen) atoms. The number of phosphoric ester groups is 1. The number of ketones is 1. The third-order valence-corrected chi connectivity index (χ3v) is 32.2. The van der Waals surface area contributed by atoms with E-state index in [9.17, 15) is 39.5 Å². The van der Waals surface area contributed by atoms with Gasteiger partial charge in [-0.15, -0.1) is 0 Å². The Labute approximate surface area is 868 Å². The second-order valence-electron chi connectivity index (χ2n) is 45.5. The second kappa shape index (κ2) is 95.8. The summed E-state index contributed by atoms with van der Waals surface area (Å²) in [6.07, 6.45) is 117. The van der Waals surface area contributed by atoms with Crippen molar-refractivity contribution in [3.05, 3.63) is 81.5 Å². The van der Waals surface area contributed by atoms with E-state index >= 15 is 0 Å². The number of carbonyl (C=O) groups excluding carboxylic acids is 2. The molecule has 0 aromatic heterocycles. The maximum Gasteiger partial charge on any atom is 0.311 e. The Hall–Kier alpha value is -2.77. The molecule has 1 saturated carbocycles. The van der Waals surface area contributed by atoms with Gasteiger partial charge in [0.2, 0.25) is 0 Å². The van der Waals surface area contributed by atoms with Crippen LogP contribution in [0.1, 0.15) is 641 Å². The number of unbranched alkanes of at least 4 members (excludes halogenated alkanes) is 65. The van der Waals surface area contributed by atoms with Gasteiger partial charge < -0.3 is 39.3 Å². The molecule has 1 aliphatic heterocycles. The Morgan fingerprint density at radius 3 is 0.907 bits per heavy atom. The fourth-order valence-corrected chi connectivity index (χ4v) is 21.8. The fraction of sp³-hybridized carbons (Fsp3) is 0.874. The topological polar surface area (TPSA) is 192 Å². The van der Waals surface area contributed by atoms with Crippen molar-refractivity contribution in [1.29, 1.82) is 0 Å². The molecule has 1 saturated heterocycles. The minimum atomic E-state index is -5.12. The van der Waals surface area contributed by atoms with Crippen LogP contribution in [-0.2, 0) is 32.7 Å². The van der Waals surface area contributed by atoms with Gasteiger partial charge in [0, 0.05) is 12.3 Å². The molecule has 820 valence electrons. The van der Waals surface area contributed by atoms with Crippen LogP contribution in [0.5, 0.6) is 0 Å². The molecule has 0 aromatic rings. The minimum Gasteiger partial charge on any atom is -0.756 e. The van der Waals surface area contributed by atoms with Crippen LogP contribution in [0.2, 0.25) is 0 Å². The molecule has 2 rings (SSSR count). The SMILES string of the molecule is CCCCCCCCCCCCCCCCCCCCCCCCC(C(=O)OC[C@H]1O[C@H](OP(=O)([O-])OC/C=C(\C)CC/C=C(\C)CC/C=C(\C)CC/C=C(\C)CC/C=C(\C)CC/C=C(\C)CCC=C(C)C)[C@@H](O)[C@@H](O)[C@@H]1O)[C@H](O)CCCCCCCCCCCCCCCCCCCC1CC1CCCCCCCCCCCCCCCCC(=O)C(C)CCCCCCCCCCCCCCCCCC. The van der Waals surface area contributed by atoms with E-state index in [1.54, 1.807) is 6.08 Å². The molecule has 0 aromatic carbocycles. The van der Waals surface area contributed by atoms with Gasteiger partial charge in [0.15, 0.2) is 6.29 Å². The van der Waals surface area contributed by atoms with Gasteiger partial charge in [0.1, 0.15) is 36.8 Å². The van der Waals surface area contributed by atoms with Gasteiger partial charge in [-0.1, -0.05) is 552 Å². The van der Waals surface area contributed by atoms with E-state index in [-0.39, 0.29) is 12.5 Å². The van der Waals surface area contributed by atoms with E-state index in [0.29, 0.717) is 25.0 Å². The summed E-state index contributed by atoms with van der Waals surface area (Å²) in [7, 11) is -5.12. The first-order valence-electron chi connectivity index (χ1n) is 61.3. The van der Waals surface area contributed by atoms with Crippen molar-refractivity contribution in [3.8, 4) is 0 Å². The van der Waals surface area contributed by atoms with Crippen molar-refractivity contribution in [2.24, 2.45) is 23.7 Å². The van der Waals surface area contributed by atoms with Crippen LogP contribution >= 0.6 is 7.82 Å². The molecule has 13 heteroatoms. The first-order chi connectivity index (χ1) is 68.1. The summed E-state index contributed by atoms with van der Waals surface area (Å²) < 4.78 is 35.1. The van der Waals surface area contributed by atoms with Crippen LogP contribution in [0.3, 0.4) is 0 Å². The highest BCUT2D eigenvalue weighted by Crippen LogP contribution is 2.46. The standard InChI is InChI=1S/C127H235O12P/c1-12-14-16-18-20-22-24-26-28-30-31-32-33-34-37-41-48-54-60-66-72-78-102-119(126(133)136-108-122-123(130)124(131)125(132)127(138-122)139-140(134,135)137-106-105-115(10)98-86-97-114(9)96-85-95-113(8)94-84-93-112(7)92-83-91-111(6)90-82-89-110(5)88-81-87-109(3)4)121(129)104-80-74-68-62-56-50-42-38-35-36-40-46-52-58-64-70-76-100-117-107-118(117)101-77-71-65-59-53-47-43-44-49-55-61-67-73-79-103-120(128)116(11)99-75-69-63-57-51-45-39-29-27-25-23-21-19-17-15-13-2/h87,89,91,93,95,97,105,116-119,121-125,127,129-132H,12-86,88,90,92,94,96,98-104,106-108H2,1-11H3,(H,134,135)/p-1/b110-89+,111-91+,112-93+,113-95+,114-97+,115-105+/t116?,117?,118?,119?,121-,122-,123-,124+,125+,127-/m1/s1. The number of hydrogen-bond donors (Lipinski definition) is 4. The van der Waals surface area contributed by atoms with Crippen LogP contribution in [0.4, 0.5) is 0 Å². The number of ether oxygens (including phenoxy) is 2. The fourth-order valence-electron chi connectivity index (χ4n) is 21.1. The van der Waals surface area contributed by atoms with Crippen LogP contribution in [-0.4, -0.2) is 82.2 Å². The number of Topliss-reactive ketones (excluding diaryl/α,β-unsaturated/α-hetero) is 1. The van der Waals surface area contributed by atoms with Gasteiger partial charge in [-0.3, -0.25) is 18.7 Å². The molecule has 12 nitrogen and oxygen atoms in total. The first kappa shape index (κ1) is 133. The Balaban J connectivity index is 1.61. The van der Waals surface area contributed by atoms with Crippen molar-refractivity contribution in [1.82, 2.24) is 0 Å². The van der Waals surface area contributed by atoms with Gasteiger partial charge in [-0.25, -0.2) is 0 Å². The Kier molecular flexibility index (Phi) is 91.2. The lowest BCUT2D eigenvalue weighted by Gasteiger charge is -2.41. The summed E-state index contributed by atoms with van der Waals surface area (Å²) in [6, 6.07) is 0. The molecule has 0 bridgehead atoms. The maximum absolute atomic E-state index is 14.0. The number of aliphatic hydroxyl groups is 4. The van der Waals surface area contributed by atoms with Gasteiger partial charge in [0.25, 0.3) is 7.82 Å². The van der Waals surface area contributed by atoms with Crippen LogP contribution in [0.25, 0.3) is 0 Å². The highest BCUT2D eigenvalue weighted by atomic mass is 31.2. The molecule has 2 fully saturated rings. The number of allylic oxidation sites excluding steroid dienone is 13. The lowest BCUT2D eigenvalue weighted by Crippen LogP contribution is -2.59. The molecular weight excluding hydrogens is 1750 g/mol. The molecule has 0 amide bonds. The van der Waals surface area contributed by atoms with E-state index in [1.165, 1.54) is 444 Å². The third-order valence-electron chi connectivity index (χ3n) is 31.3. The average Bonchev–Trinajstić information content (AvgIpc) is 1.18. The molecular formula is C127H234O12P-. The molecule has 2 aliphatic rings. The van der Waals surface area contributed by atoms with E-state index in [0.717, 1.165) is 152 Å². The van der Waals surface area contributed by atoms with Gasteiger partial charge in [0.05, 0.1) is 18.6 Å². The smallest absolute Gasteiger partial charge is 0.311 e. The molecule has 0 spiro atoms. The van der Waals surface area contributed by atoms with Gasteiger partial charge >= 0.3 is 5.97 Å². The summed E-state index contributed by atoms with van der Waals surface area (Å²) in [5.74, 6) is 1.45. The van der Waals surface area contributed by atoms with Crippen molar-refractivity contribution in [2.45, 2.75) is 678 Å². The Bertz CT molecular complexity index is 3100. The average molecular weight is 1980 g/mol. The van der Waals surface area contributed by atoms with E-state index < -0.39 is 63.1 Å². The van der Waals surface area contributed by atoms with Crippen molar-refractivity contribution in [2.75, 3.05) is 13.2 Å². The monoisotopic (exact) mass is 1980 g/mol. The van der Waals surface area contributed by atoms with Crippen LogP contribution < -0.4 is 4.89 Å². The Morgan fingerprint density at radius 2 is 0.600 bits per heavy atom. The summed E-state index contributed by atoms with van der Waals surface area (Å²) in [6.45, 7) is 23.3. The molecule has 4 N–H and O–H groups in total. The zero-order valence-electron chi connectivity index (χ0n) is 94.5. The van der Waals surface area contributed by atoms with Gasteiger partial charge in [-0.2, -0.15) is 0 Å². The molecule has 11 atom stereocenters. The lowest BCUT2D eigenvalue weighted by atomic mass is 9.91. The summed E-state index contributed by atoms with van der Waals surface area (Å²) in [5.41, 5.74) is 9.46. The normalized spacial score (nSPS) is 18.5. The number of esters is 1. The van der Waals surface area contributed by atoms with E-state index in [2.05, 4.69) is 106 Å². The Morgan fingerprint density at radius 1 is 0.336 bits per heavy atom. The van der Waals surface area contributed by atoms with Crippen molar-refractivity contribution < 1.29 is 58.0 Å². The summed E-state index contributed by atoms with van der Waals surface area (Å²) >= 11 is 0. The van der Waals surface area contributed by atoms with Crippen LogP contribution in [0, 0.1) is 23.7 Å². The molecule has 0 radical (unpaired) electrons.